The summed E-state index contributed by atoms with van der Waals surface area (Å²) in [6.07, 6.45) is 4.82. The van der Waals surface area contributed by atoms with Crippen LogP contribution in [0, 0.1) is 5.92 Å². The molecule has 3 fully saturated rings. The Morgan fingerprint density at radius 2 is 1.83 bits per heavy atom. The van der Waals surface area contributed by atoms with Crippen molar-refractivity contribution in [1.29, 1.82) is 0 Å². The van der Waals surface area contributed by atoms with Gasteiger partial charge in [0.25, 0.3) is 0 Å². The highest BCUT2D eigenvalue weighted by atomic mass is 16.5. The summed E-state index contributed by atoms with van der Waals surface area (Å²) in [5.41, 5.74) is 2.14. The number of amides is 3. The van der Waals surface area contributed by atoms with Crippen molar-refractivity contribution in [3.05, 3.63) is 65.7 Å². The Balaban J connectivity index is 1.13. The number of likely N-dealkylation sites (tertiary alicyclic amines) is 1. The van der Waals surface area contributed by atoms with Gasteiger partial charge in [-0.3, -0.25) is 4.79 Å². The molecule has 3 aliphatic rings. The van der Waals surface area contributed by atoms with Gasteiger partial charge in [0.15, 0.2) is 0 Å². The van der Waals surface area contributed by atoms with Crippen LogP contribution in [0.4, 0.5) is 4.79 Å². The number of carbonyl (C=O) groups excluding carboxylic acids is 2. The molecule has 1 atom stereocenters. The summed E-state index contributed by atoms with van der Waals surface area (Å²) in [5, 5.41) is 6.59. The van der Waals surface area contributed by atoms with E-state index in [2.05, 4.69) is 27.7 Å². The number of nitrogens with zero attached hydrogens (tertiary/aromatic N) is 2. The summed E-state index contributed by atoms with van der Waals surface area (Å²) in [4.78, 5) is 29.6. The first-order chi connectivity index (χ1) is 17.0. The normalized spacial score (nSPS) is 20.5. The SMILES string of the molecule is COc1ccc(CN2CC3(CCN(CC[C@H](NC(=O)C4CC4)c4ccccc4)CC3)NC2=O)cc1. The molecule has 2 heterocycles. The van der Waals surface area contributed by atoms with E-state index in [0.29, 0.717) is 6.54 Å². The van der Waals surface area contributed by atoms with Crippen LogP contribution in [0.15, 0.2) is 54.6 Å². The van der Waals surface area contributed by atoms with E-state index in [9.17, 15) is 9.59 Å². The van der Waals surface area contributed by atoms with Gasteiger partial charge in [0.1, 0.15) is 5.75 Å². The zero-order valence-corrected chi connectivity index (χ0v) is 20.5. The van der Waals surface area contributed by atoms with E-state index < -0.39 is 0 Å². The number of rotatable bonds is 9. The number of carbonyl (C=O) groups is 2. The Hall–Kier alpha value is -3.06. The van der Waals surface area contributed by atoms with Crippen molar-refractivity contribution in [2.24, 2.45) is 5.92 Å². The van der Waals surface area contributed by atoms with Gasteiger partial charge < -0.3 is 25.2 Å². The van der Waals surface area contributed by atoms with Crippen LogP contribution in [0.5, 0.6) is 5.75 Å². The van der Waals surface area contributed by atoms with Gasteiger partial charge in [-0.05, 0) is 55.4 Å². The van der Waals surface area contributed by atoms with Gasteiger partial charge in [-0.2, -0.15) is 0 Å². The minimum absolute atomic E-state index is 0.0289. The predicted octanol–water partition coefficient (Wildman–Crippen LogP) is 3.71. The molecule has 1 saturated carbocycles. The number of nitrogens with one attached hydrogen (secondary N) is 2. The summed E-state index contributed by atoms with van der Waals surface area (Å²) in [5.74, 6) is 1.23. The number of methoxy groups -OCH3 is 1. The smallest absolute Gasteiger partial charge is 0.318 e. The summed E-state index contributed by atoms with van der Waals surface area (Å²) in [6.45, 7) is 4.20. The number of hydrogen-bond acceptors (Lipinski definition) is 4. The number of piperidine rings is 1. The molecule has 2 aromatic carbocycles. The predicted molar refractivity (Wildman–Crippen MR) is 135 cm³/mol. The second-order valence-corrected chi connectivity index (χ2v) is 10.3. The van der Waals surface area contributed by atoms with Crippen LogP contribution in [0.1, 0.15) is 49.3 Å². The van der Waals surface area contributed by atoms with Crippen molar-refractivity contribution < 1.29 is 14.3 Å². The van der Waals surface area contributed by atoms with E-state index in [1.807, 2.05) is 47.4 Å². The summed E-state index contributed by atoms with van der Waals surface area (Å²) in [6, 6.07) is 18.3. The van der Waals surface area contributed by atoms with E-state index in [1.54, 1.807) is 7.11 Å². The van der Waals surface area contributed by atoms with Crippen molar-refractivity contribution in [3.8, 4) is 5.75 Å². The average molecular weight is 477 g/mol. The Kier molecular flexibility index (Phi) is 6.95. The molecule has 7 nitrogen and oxygen atoms in total. The Labute approximate surface area is 207 Å². The highest BCUT2D eigenvalue weighted by Gasteiger charge is 2.44. The van der Waals surface area contributed by atoms with Crippen LogP contribution in [-0.2, 0) is 11.3 Å². The third-order valence-electron chi connectivity index (χ3n) is 7.70. The molecule has 5 rings (SSSR count). The monoisotopic (exact) mass is 476 g/mol. The van der Waals surface area contributed by atoms with E-state index in [1.165, 1.54) is 5.56 Å². The van der Waals surface area contributed by atoms with Gasteiger partial charge in [-0.25, -0.2) is 4.79 Å². The Morgan fingerprint density at radius 1 is 1.11 bits per heavy atom. The molecule has 2 aliphatic heterocycles. The fourth-order valence-electron chi connectivity index (χ4n) is 5.30. The van der Waals surface area contributed by atoms with Crippen LogP contribution in [0.3, 0.4) is 0 Å². The number of urea groups is 1. The maximum atomic E-state index is 12.7. The minimum atomic E-state index is -0.140. The van der Waals surface area contributed by atoms with Crippen molar-refractivity contribution in [1.82, 2.24) is 20.4 Å². The average Bonchev–Trinajstić information content (AvgIpc) is 3.69. The van der Waals surface area contributed by atoms with Crippen molar-refractivity contribution >= 4 is 11.9 Å². The maximum Gasteiger partial charge on any atom is 0.318 e. The van der Waals surface area contributed by atoms with Crippen molar-refractivity contribution in [2.45, 2.75) is 50.2 Å². The van der Waals surface area contributed by atoms with E-state index in [4.69, 9.17) is 4.74 Å². The molecule has 2 N–H and O–H groups in total. The third kappa shape index (κ3) is 5.78. The molecular weight excluding hydrogens is 440 g/mol. The lowest BCUT2D eigenvalue weighted by Gasteiger charge is -2.39. The molecule has 0 aromatic heterocycles. The summed E-state index contributed by atoms with van der Waals surface area (Å²) >= 11 is 0. The molecular formula is C28H36N4O3. The van der Waals surface area contributed by atoms with Crippen LogP contribution < -0.4 is 15.4 Å². The van der Waals surface area contributed by atoms with E-state index in [0.717, 1.165) is 69.6 Å². The molecule has 0 unspecified atom stereocenters. The van der Waals surface area contributed by atoms with Crippen molar-refractivity contribution in [2.75, 3.05) is 33.3 Å². The van der Waals surface area contributed by atoms with E-state index in [-0.39, 0.29) is 29.4 Å². The van der Waals surface area contributed by atoms with Gasteiger partial charge in [0.05, 0.1) is 18.7 Å². The van der Waals surface area contributed by atoms with E-state index >= 15 is 0 Å². The van der Waals surface area contributed by atoms with Gasteiger partial charge in [0, 0.05) is 38.6 Å². The van der Waals surface area contributed by atoms with Gasteiger partial charge in [-0.15, -0.1) is 0 Å². The van der Waals surface area contributed by atoms with Gasteiger partial charge in [0.2, 0.25) is 5.91 Å². The molecule has 1 spiro atoms. The summed E-state index contributed by atoms with van der Waals surface area (Å²) < 4.78 is 5.23. The minimum Gasteiger partial charge on any atom is -0.497 e. The molecule has 1 aliphatic carbocycles. The molecule has 0 radical (unpaired) electrons. The fourth-order valence-corrected chi connectivity index (χ4v) is 5.30. The van der Waals surface area contributed by atoms with Crippen LogP contribution in [0.25, 0.3) is 0 Å². The second-order valence-electron chi connectivity index (χ2n) is 10.3. The molecule has 2 aromatic rings. The Morgan fingerprint density at radius 3 is 2.49 bits per heavy atom. The number of ether oxygens (including phenoxy) is 1. The second kappa shape index (κ2) is 10.3. The first kappa shape index (κ1) is 23.7. The zero-order chi connectivity index (χ0) is 24.3. The number of hydrogen-bond donors (Lipinski definition) is 2. The molecule has 35 heavy (non-hydrogen) atoms. The lowest BCUT2D eigenvalue weighted by atomic mass is 9.88. The molecule has 3 amide bonds. The molecule has 2 saturated heterocycles. The zero-order valence-electron chi connectivity index (χ0n) is 20.5. The lowest BCUT2D eigenvalue weighted by molar-refractivity contribution is -0.123. The van der Waals surface area contributed by atoms with Gasteiger partial charge >= 0.3 is 6.03 Å². The Bertz CT molecular complexity index is 1010. The highest BCUT2D eigenvalue weighted by Crippen LogP contribution is 2.32. The largest absolute Gasteiger partial charge is 0.497 e. The quantitative estimate of drug-likeness (QED) is 0.579. The van der Waals surface area contributed by atoms with Crippen molar-refractivity contribution in [3.63, 3.8) is 0 Å². The number of benzene rings is 2. The molecule has 7 heteroatoms. The third-order valence-corrected chi connectivity index (χ3v) is 7.70. The standard InChI is InChI=1S/C28H36N4O3/c1-35-24-11-7-21(8-12-24)19-32-20-28(30-27(32)34)14-17-31(18-15-28)16-13-25(22-5-3-2-4-6-22)29-26(33)23-9-10-23/h2-8,11-12,23,25H,9-10,13-20H2,1H3,(H,29,33)(H,30,34)/t25-/m0/s1. The van der Waals surface area contributed by atoms with Crippen LogP contribution in [-0.4, -0.2) is 60.6 Å². The maximum absolute atomic E-state index is 12.7. The topological polar surface area (TPSA) is 73.9 Å². The lowest BCUT2D eigenvalue weighted by Crippen LogP contribution is -2.52. The first-order valence-electron chi connectivity index (χ1n) is 12.8. The first-order valence-corrected chi connectivity index (χ1v) is 12.8. The van der Waals surface area contributed by atoms with Gasteiger partial charge in [-0.1, -0.05) is 42.5 Å². The van der Waals surface area contributed by atoms with Crippen LogP contribution in [0.2, 0.25) is 0 Å². The van der Waals surface area contributed by atoms with Crippen LogP contribution >= 0.6 is 0 Å². The molecule has 0 bridgehead atoms. The highest BCUT2D eigenvalue weighted by molar-refractivity contribution is 5.81. The fraction of sp³-hybridized carbons (Fsp3) is 0.500. The molecule has 186 valence electrons. The summed E-state index contributed by atoms with van der Waals surface area (Å²) in [7, 11) is 1.66.